The smallest absolute Gasteiger partial charge is 0.248 e. The second kappa shape index (κ2) is 9.23. The van der Waals surface area contributed by atoms with Crippen LogP contribution in [0.3, 0.4) is 0 Å². The maximum Gasteiger partial charge on any atom is 0.248 e. The zero-order valence-corrected chi connectivity index (χ0v) is 23.8. The van der Waals surface area contributed by atoms with E-state index in [0.717, 1.165) is 66.1 Å². The Morgan fingerprint density at radius 1 is 1.00 bits per heavy atom. The predicted octanol–water partition coefficient (Wildman–Crippen LogP) is 5.85. The van der Waals surface area contributed by atoms with Crippen LogP contribution in [0, 0.1) is 31.6 Å². The lowest BCUT2D eigenvalue weighted by Gasteiger charge is -2.56. The molecule has 9 heteroatoms. The fourth-order valence-electron chi connectivity index (χ4n) is 7.92. The number of benzene rings is 1. The molecule has 7 nitrogen and oxygen atoms in total. The van der Waals surface area contributed by atoms with Gasteiger partial charge in [-0.2, -0.15) is 0 Å². The quantitative estimate of drug-likeness (QED) is 0.402. The van der Waals surface area contributed by atoms with E-state index in [9.17, 15) is 4.79 Å². The molecule has 3 aromatic rings. The summed E-state index contributed by atoms with van der Waals surface area (Å²) in [4.78, 5) is 27.9. The van der Waals surface area contributed by atoms with E-state index in [0.29, 0.717) is 11.0 Å². The first-order valence-corrected chi connectivity index (χ1v) is 15.7. The molecule has 0 atom stereocenters. The van der Waals surface area contributed by atoms with Crippen LogP contribution in [0.4, 0.5) is 21.6 Å². The van der Waals surface area contributed by atoms with E-state index in [4.69, 9.17) is 10.7 Å². The van der Waals surface area contributed by atoms with Crippen LogP contribution in [0.15, 0.2) is 23.6 Å². The first kappa shape index (κ1) is 24.4. The van der Waals surface area contributed by atoms with E-state index in [-0.39, 0.29) is 0 Å². The third-order valence-corrected chi connectivity index (χ3v) is 11.4. The van der Waals surface area contributed by atoms with Crippen LogP contribution in [0.2, 0.25) is 0 Å². The molecule has 8 rings (SSSR count). The molecular weight excluding hydrogens is 512 g/mol. The molecule has 200 valence electrons. The minimum absolute atomic E-state index is 0.362. The van der Waals surface area contributed by atoms with E-state index < -0.39 is 5.91 Å². The Kier molecular flexibility index (Phi) is 5.92. The molecule has 4 bridgehead atoms. The molecule has 1 aromatic carbocycles. The number of aryl methyl sites for hydroxylation is 2. The molecule has 5 aliphatic rings. The zero-order chi connectivity index (χ0) is 26.0. The highest BCUT2D eigenvalue weighted by atomic mass is 32.1. The number of primary amides is 1. The molecule has 4 saturated carbocycles. The summed E-state index contributed by atoms with van der Waals surface area (Å²) in [6.45, 7) is 7.75. The number of hydrogen-bond donors (Lipinski definition) is 2. The number of thiazole rings is 2. The number of carbonyl (C=O) groups is 1. The summed E-state index contributed by atoms with van der Waals surface area (Å²) in [6.07, 6.45) is 8.51. The number of nitrogens with one attached hydrogen (secondary N) is 1. The van der Waals surface area contributed by atoms with Crippen LogP contribution in [-0.4, -0.2) is 42.1 Å². The highest BCUT2D eigenvalue weighted by Crippen LogP contribution is 2.60. The molecule has 1 amide bonds. The SMILES string of the molecule is Cc1nc(Nc2cc(C(N)=O)ccc2N2CCN(c3nc(C45CC6CC(CC(C6)C4)C5)cs3)CC2)sc1C. The Hall–Kier alpha value is -2.65. The molecule has 0 radical (unpaired) electrons. The third kappa shape index (κ3) is 4.28. The molecule has 1 saturated heterocycles. The molecule has 4 aliphatic carbocycles. The number of nitrogens with zero attached hydrogens (tertiary/aromatic N) is 4. The van der Waals surface area contributed by atoms with Gasteiger partial charge < -0.3 is 20.9 Å². The van der Waals surface area contributed by atoms with Crippen LogP contribution >= 0.6 is 22.7 Å². The van der Waals surface area contributed by atoms with Crippen molar-refractivity contribution in [2.24, 2.45) is 23.5 Å². The summed E-state index contributed by atoms with van der Waals surface area (Å²) in [7, 11) is 0. The van der Waals surface area contributed by atoms with Crippen molar-refractivity contribution < 1.29 is 4.79 Å². The fraction of sp³-hybridized carbons (Fsp3) is 0.552. The molecule has 3 N–H and O–H groups in total. The van der Waals surface area contributed by atoms with Gasteiger partial charge >= 0.3 is 0 Å². The van der Waals surface area contributed by atoms with Gasteiger partial charge in [0.15, 0.2) is 10.3 Å². The standard InChI is InChI=1S/C29H36N6OS2/c1-17-18(2)38-27(31-17)32-23-12-22(26(30)36)3-4-24(23)34-5-7-35(8-6-34)28-33-25(16-37-28)29-13-19-9-20(14-29)11-21(10-19)15-29/h3-4,12,16,19-21H,5-11,13-15H2,1-2H3,(H2,30,36)(H,31,32). The van der Waals surface area contributed by atoms with Crippen molar-refractivity contribution in [3.8, 4) is 0 Å². The summed E-state index contributed by atoms with van der Waals surface area (Å²) in [5.41, 5.74) is 10.8. The number of rotatable bonds is 6. The van der Waals surface area contributed by atoms with Gasteiger partial charge in [-0.15, -0.1) is 22.7 Å². The Balaban J connectivity index is 1.07. The highest BCUT2D eigenvalue weighted by molar-refractivity contribution is 7.15. The average Bonchev–Trinajstić information content (AvgIpc) is 3.50. The molecule has 2 aromatic heterocycles. The van der Waals surface area contributed by atoms with Crippen molar-refractivity contribution in [3.63, 3.8) is 0 Å². The first-order valence-electron chi connectivity index (χ1n) is 14.0. The van der Waals surface area contributed by atoms with Crippen LogP contribution in [0.25, 0.3) is 0 Å². The Morgan fingerprint density at radius 3 is 2.26 bits per heavy atom. The number of piperazine rings is 1. The van der Waals surface area contributed by atoms with Crippen molar-refractivity contribution in [2.75, 3.05) is 41.3 Å². The van der Waals surface area contributed by atoms with E-state index in [2.05, 4.69) is 32.4 Å². The molecule has 3 heterocycles. The number of carbonyl (C=O) groups excluding carboxylic acids is 1. The summed E-state index contributed by atoms with van der Waals surface area (Å²) in [5, 5.41) is 7.88. The number of hydrogen-bond acceptors (Lipinski definition) is 8. The molecule has 5 fully saturated rings. The number of aromatic nitrogens is 2. The van der Waals surface area contributed by atoms with E-state index in [1.807, 2.05) is 36.5 Å². The lowest BCUT2D eigenvalue weighted by atomic mass is 9.49. The second-order valence-electron chi connectivity index (χ2n) is 12.1. The second-order valence-corrected chi connectivity index (χ2v) is 14.1. The van der Waals surface area contributed by atoms with Gasteiger partial charge in [0.25, 0.3) is 0 Å². The number of nitrogens with two attached hydrogens (primary N) is 1. The molecular formula is C29H36N6OS2. The molecule has 38 heavy (non-hydrogen) atoms. The van der Waals surface area contributed by atoms with E-state index >= 15 is 0 Å². The van der Waals surface area contributed by atoms with Gasteiger partial charge in [-0.1, -0.05) is 0 Å². The monoisotopic (exact) mass is 548 g/mol. The topological polar surface area (TPSA) is 87.4 Å². The Labute approximate surface area is 232 Å². The Morgan fingerprint density at radius 2 is 1.66 bits per heavy atom. The first-order chi connectivity index (χ1) is 18.3. The van der Waals surface area contributed by atoms with E-state index in [1.165, 1.54) is 54.2 Å². The van der Waals surface area contributed by atoms with Gasteiger partial charge in [0.1, 0.15) is 0 Å². The van der Waals surface area contributed by atoms with Crippen molar-refractivity contribution >= 4 is 50.2 Å². The number of amides is 1. The van der Waals surface area contributed by atoms with Crippen LogP contribution in [-0.2, 0) is 5.41 Å². The lowest BCUT2D eigenvalue weighted by molar-refractivity contribution is -0.00690. The van der Waals surface area contributed by atoms with Gasteiger partial charge in [0.05, 0.1) is 22.8 Å². The van der Waals surface area contributed by atoms with Gasteiger partial charge in [-0.25, -0.2) is 9.97 Å². The maximum atomic E-state index is 11.9. The predicted molar refractivity (Wildman–Crippen MR) is 156 cm³/mol. The van der Waals surface area contributed by atoms with Gasteiger partial charge in [0, 0.05) is 47.4 Å². The zero-order valence-electron chi connectivity index (χ0n) is 22.2. The molecule has 0 spiro atoms. The molecule has 0 unspecified atom stereocenters. The largest absolute Gasteiger partial charge is 0.366 e. The minimum Gasteiger partial charge on any atom is -0.366 e. The van der Waals surface area contributed by atoms with E-state index in [1.54, 1.807) is 11.3 Å². The fourth-order valence-corrected chi connectivity index (χ4v) is 9.75. The number of anilines is 4. The van der Waals surface area contributed by atoms with Gasteiger partial charge in [-0.05, 0) is 88.3 Å². The van der Waals surface area contributed by atoms with Crippen LogP contribution in [0.1, 0.15) is 65.1 Å². The van der Waals surface area contributed by atoms with Gasteiger partial charge in [0.2, 0.25) is 5.91 Å². The van der Waals surface area contributed by atoms with Crippen molar-refractivity contribution in [2.45, 2.75) is 57.8 Å². The summed E-state index contributed by atoms with van der Waals surface area (Å²) < 4.78 is 0. The normalized spacial score (nSPS) is 28.2. The summed E-state index contributed by atoms with van der Waals surface area (Å²) in [6, 6.07) is 5.70. The Bertz CT molecular complexity index is 1320. The van der Waals surface area contributed by atoms with Crippen molar-refractivity contribution in [3.05, 3.63) is 45.4 Å². The van der Waals surface area contributed by atoms with Crippen LogP contribution in [0.5, 0.6) is 0 Å². The average molecular weight is 549 g/mol. The summed E-state index contributed by atoms with van der Waals surface area (Å²) >= 11 is 3.47. The molecule has 1 aliphatic heterocycles. The summed E-state index contributed by atoms with van der Waals surface area (Å²) in [5.74, 6) is 2.40. The van der Waals surface area contributed by atoms with Crippen LogP contribution < -0.4 is 20.9 Å². The highest BCUT2D eigenvalue weighted by Gasteiger charge is 2.52. The van der Waals surface area contributed by atoms with Crippen molar-refractivity contribution in [1.82, 2.24) is 9.97 Å². The maximum absolute atomic E-state index is 11.9. The lowest BCUT2D eigenvalue weighted by Crippen LogP contribution is -2.49. The third-order valence-electron chi connectivity index (χ3n) is 9.52. The van der Waals surface area contributed by atoms with Gasteiger partial charge in [-0.3, -0.25) is 4.79 Å². The minimum atomic E-state index is -0.422. The van der Waals surface area contributed by atoms with Crippen molar-refractivity contribution in [1.29, 1.82) is 0 Å².